The van der Waals surface area contributed by atoms with Crippen molar-refractivity contribution < 1.29 is 14.6 Å². The van der Waals surface area contributed by atoms with Crippen molar-refractivity contribution in [2.24, 2.45) is 0 Å². The molecular formula is C13H16O3. The largest absolute Gasteiger partial charge is 0.508 e. The minimum atomic E-state index is -0.365. The molecule has 0 aromatic heterocycles. The highest BCUT2D eigenvalue weighted by molar-refractivity contribution is 5.86. The third-order valence-corrected chi connectivity index (χ3v) is 2.23. The maximum absolute atomic E-state index is 11.1. The van der Waals surface area contributed by atoms with E-state index in [1.54, 1.807) is 13.0 Å². The molecule has 0 saturated heterocycles. The van der Waals surface area contributed by atoms with Crippen molar-refractivity contribution in [2.75, 3.05) is 6.61 Å². The Balaban J connectivity index is 2.46. The summed E-state index contributed by atoms with van der Waals surface area (Å²) in [5.41, 5.74) is 2.26. The van der Waals surface area contributed by atoms with Crippen molar-refractivity contribution in [3.8, 4) is 5.75 Å². The average Bonchev–Trinajstić information content (AvgIpc) is 2.23. The van der Waals surface area contributed by atoms with Gasteiger partial charge in [0.05, 0.1) is 6.61 Å². The first-order chi connectivity index (χ1) is 7.50. The Labute approximate surface area is 95.4 Å². The van der Waals surface area contributed by atoms with Gasteiger partial charge in [-0.15, -0.1) is 0 Å². The number of rotatable bonds is 4. The lowest BCUT2D eigenvalue weighted by atomic mass is 10.1. The van der Waals surface area contributed by atoms with Gasteiger partial charge in [0.2, 0.25) is 0 Å². The molecule has 0 radical (unpaired) electrons. The van der Waals surface area contributed by atoms with Crippen molar-refractivity contribution in [3.63, 3.8) is 0 Å². The Morgan fingerprint density at radius 2 is 2.19 bits per heavy atom. The molecule has 16 heavy (non-hydrogen) atoms. The van der Waals surface area contributed by atoms with Crippen LogP contribution in [0.25, 0.3) is 0 Å². The summed E-state index contributed by atoms with van der Waals surface area (Å²) in [6, 6.07) is 5.34. The van der Waals surface area contributed by atoms with Crippen LogP contribution in [0.1, 0.15) is 18.1 Å². The Morgan fingerprint density at radius 3 is 2.75 bits per heavy atom. The zero-order valence-electron chi connectivity index (χ0n) is 9.62. The summed E-state index contributed by atoms with van der Waals surface area (Å²) >= 11 is 0. The first-order valence-corrected chi connectivity index (χ1v) is 5.12. The van der Waals surface area contributed by atoms with Crippen LogP contribution < -0.4 is 0 Å². The highest BCUT2D eigenvalue weighted by atomic mass is 16.5. The van der Waals surface area contributed by atoms with Gasteiger partial charge in [0.1, 0.15) is 5.75 Å². The lowest BCUT2D eigenvalue weighted by Crippen LogP contribution is -2.08. The van der Waals surface area contributed by atoms with Gasteiger partial charge in [-0.3, -0.25) is 0 Å². The van der Waals surface area contributed by atoms with Gasteiger partial charge < -0.3 is 9.84 Å². The summed E-state index contributed by atoms with van der Waals surface area (Å²) in [5, 5.41) is 9.33. The summed E-state index contributed by atoms with van der Waals surface area (Å²) < 4.78 is 4.98. The molecule has 0 saturated carbocycles. The predicted molar refractivity (Wildman–Crippen MR) is 62.3 cm³/mol. The summed E-state index contributed by atoms with van der Waals surface area (Å²) in [5.74, 6) is -0.0850. The summed E-state index contributed by atoms with van der Waals surface area (Å²) in [6.45, 7) is 7.28. The van der Waals surface area contributed by atoms with E-state index >= 15 is 0 Å². The number of esters is 1. The maximum Gasteiger partial charge on any atom is 0.333 e. The van der Waals surface area contributed by atoms with E-state index in [0.29, 0.717) is 18.6 Å². The second-order valence-corrected chi connectivity index (χ2v) is 3.79. The fourth-order valence-corrected chi connectivity index (χ4v) is 1.26. The number of carbonyl (C=O) groups excluding carboxylic acids is 1. The van der Waals surface area contributed by atoms with Crippen LogP contribution in [0.15, 0.2) is 30.4 Å². The minimum absolute atomic E-state index is 0.280. The van der Waals surface area contributed by atoms with Crippen LogP contribution in [0.3, 0.4) is 0 Å². The smallest absolute Gasteiger partial charge is 0.333 e. The number of hydrogen-bond donors (Lipinski definition) is 1. The molecule has 0 bridgehead atoms. The number of phenols is 1. The number of phenolic OH excluding ortho intramolecular Hbond substituents is 1. The quantitative estimate of drug-likeness (QED) is 0.626. The molecule has 0 aliphatic heterocycles. The molecule has 1 aromatic rings. The molecule has 0 aliphatic carbocycles. The highest BCUT2D eigenvalue weighted by Crippen LogP contribution is 2.17. The summed E-state index contributed by atoms with van der Waals surface area (Å²) in [6.07, 6.45) is 0.639. The molecule has 0 heterocycles. The molecule has 0 amide bonds. The van der Waals surface area contributed by atoms with Gasteiger partial charge >= 0.3 is 5.97 Å². The molecule has 1 N–H and O–H groups in total. The normalized spacial score (nSPS) is 9.88. The Hall–Kier alpha value is -1.77. The number of benzene rings is 1. The van der Waals surface area contributed by atoms with Crippen LogP contribution in [-0.4, -0.2) is 17.7 Å². The fourth-order valence-electron chi connectivity index (χ4n) is 1.26. The van der Waals surface area contributed by atoms with E-state index < -0.39 is 0 Å². The van der Waals surface area contributed by atoms with E-state index in [1.807, 2.05) is 19.1 Å². The van der Waals surface area contributed by atoms with Gasteiger partial charge in [-0.05, 0) is 31.0 Å². The van der Waals surface area contributed by atoms with E-state index in [4.69, 9.17) is 4.74 Å². The number of aryl methyl sites for hydroxylation is 1. The molecule has 3 nitrogen and oxygen atoms in total. The second kappa shape index (κ2) is 5.35. The molecule has 0 unspecified atom stereocenters. The summed E-state index contributed by atoms with van der Waals surface area (Å²) in [7, 11) is 0. The number of ether oxygens (including phenoxy) is 1. The van der Waals surface area contributed by atoms with Crippen LogP contribution >= 0.6 is 0 Å². The molecule has 1 aromatic carbocycles. The predicted octanol–water partition coefficient (Wildman–Crippen LogP) is 2.36. The fraction of sp³-hybridized carbons (Fsp3) is 0.308. The van der Waals surface area contributed by atoms with Crippen LogP contribution in [0, 0.1) is 6.92 Å². The van der Waals surface area contributed by atoms with Crippen molar-refractivity contribution in [1.29, 1.82) is 0 Å². The van der Waals surface area contributed by atoms with Crippen molar-refractivity contribution >= 4 is 5.97 Å². The first kappa shape index (κ1) is 12.3. The molecule has 0 aliphatic rings. The SMILES string of the molecule is C=C(C)C(=O)OCCc1ccc(O)c(C)c1. The third-order valence-electron chi connectivity index (χ3n) is 2.23. The molecule has 86 valence electrons. The van der Waals surface area contributed by atoms with Gasteiger partial charge in [-0.25, -0.2) is 4.79 Å². The van der Waals surface area contributed by atoms with E-state index in [9.17, 15) is 9.90 Å². The Kier molecular flexibility index (Phi) is 4.11. The second-order valence-electron chi connectivity index (χ2n) is 3.79. The highest BCUT2D eigenvalue weighted by Gasteiger charge is 2.03. The van der Waals surface area contributed by atoms with E-state index in [-0.39, 0.29) is 11.7 Å². The van der Waals surface area contributed by atoms with E-state index in [2.05, 4.69) is 6.58 Å². The van der Waals surface area contributed by atoms with Crippen LogP contribution in [-0.2, 0) is 16.0 Å². The van der Waals surface area contributed by atoms with Gasteiger partial charge in [-0.1, -0.05) is 18.7 Å². The van der Waals surface area contributed by atoms with E-state index in [1.165, 1.54) is 0 Å². The third kappa shape index (κ3) is 3.42. The Morgan fingerprint density at radius 1 is 1.50 bits per heavy atom. The first-order valence-electron chi connectivity index (χ1n) is 5.12. The average molecular weight is 220 g/mol. The zero-order chi connectivity index (χ0) is 12.1. The lowest BCUT2D eigenvalue weighted by molar-refractivity contribution is -0.138. The van der Waals surface area contributed by atoms with Crippen molar-refractivity contribution in [1.82, 2.24) is 0 Å². The van der Waals surface area contributed by atoms with Crippen LogP contribution in [0.2, 0.25) is 0 Å². The molecular weight excluding hydrogens is 204 g/mol. The monoisotopic (exact) mass is 220 g/mol. The zero-order valence-corrected chi connectivity index (χ0v) is 9.62. The van der Waals surface area contributed by atoms with Crippen molar-refractivity contribution in [2.45, 2.75) is 20.3 Å². The summed E-state index contributed by atoms with van der Waals surface area (Å²) in [4.78, 5) is 11.1. The van der Waals surface area contributed by atoms with Gasteiger partial charge in [-0.2, -0.15) is 0 Å². The van der Waals surface area contributed by atoms with Gasteiger partial charge in [0, 0.05) is 12.0 Å². The maximum atomic E-state index is 11.1. The van der Waals surface area contributed by atoms with Gasteiger partial charge in [0.25, 0.3) is 0 Å². The standard InChI is InChI=1S/C13H16O3/c1-9(2)13(15)16-7-6-11-4-5-12(14)10(3)8-11/h4-5,8,14H,1,6-7H2,2-3H3. The lowest BCUT2D eigenvalue weighted by Gasteiger charge is -2.06. The molecule has 3 heteroatoms. The Bertz CT molecular complexity index is 408. The van der Waals surface area contributed by atoms with Crippen molar-refractivity contribution in [3.05, 3.63) is 41.5 Å². The van der Waals surface area contributed by atoms with Crippen LogP contribution in [0.5, 0.6) is 5.75 Å². The molecule has 1 rings (SSSR count). The number of aromatic hydroxyl groups is 1. The van der Waals surface area contributed by atoms with Crippen LogP contribution in [0.4, 0.5) is 0 Å². The topological polar surface area (TPSA) is 46.5 Å². The molecule has 0 atom stereocenters. The number of hydrogen-bond acceptors (Lipinski definition) is 3. The van der Waals surface area contributed by atoms with Gasteiger partial charge in [0.15, 0.2) is 0 Å². The minimum Gasteiger partial charge on any atom is -0.508 e. The molecule has 0 fully saturated rings. The molecule has 0 spiro atoms. The number of carbonyl (C=O) groups is 1. The van der Waals surface area contributed by atoms with E-state index in [0.717, 1.165) is 11.1 Å².